The first-order valence-electron chi connectivity index (χ1n) is 6.47. The van der Waals surface area contributed by atoms with E-state index in [9.17, 15) is 0 Å². The highest BCUT2D eigenvalue weighted by Gasteiger charge is 2.12. The van der Waals surface area contributed by atoms with Crippen LogP contribution in [0.5, 0.6) is 5.75 Å². The first-order chi connectivity index (χ1) is 8.70. The van der Waals surface area contributed by atoms with Gasteiger partial charge in [-0.2, -0.15) is 0 Å². The van der Waals surface area contributed by atoms with Crippen LogP contribution in [0.3, 0.4) is 0 Å². The zero-order valence-corrected chi connectivity index (χ0v) is 11.9. The molecule has 0 amide bonds. The van der Waals surface area contributed by atoms with Gasteiger partial charge in [0, 0.05) is 37.7 Å². The van der Waals surface area contributed by atoms with Crippen LogP contribution in [0, 0.1) is 6.92 Å². The van der Waals surface area contributed by atoms with Gasteiger partial charge in [-0.3, -0.25) is 0 Å². The fourth-order valence-electron chi connectivity index (χ4n) is 2.32. The van der Waals surface area contributed by atoms with Gasteiger partial charge in [-0.05, 0) is 30.5 Å². The minimum absolute atomic E-state index is 0.776. The Hall–Kier alpha value is -0.770. The van der Waals surface area contributed by atoms with Crippen molar-refractivity contribution in [2.24, 2.45) is 0 Å². The molecule has 1 saturated heterocycles. The molecule has 4 heteroatoms. The van der Waals surface area contributed by atoms with E-state index in [-0.39, 0.29) is 0 Å². The van der Waals surface area contributed by atoms with Gasteiger partial charge < -0.3 is 15.0 Å². The molecular formula is C14H21ClN2O. The molecule has 100 valence electrons. The second-order valence-electron chi connectivity index (χ2n) is 4.75. The van der Waals surface area contributed by atoms with Crippen molar-refractivity contribution in [3.63, 3.8) is 0 Å². The van der Waals surface area contributed by atoms with Gasteiger partial charge in [0.05, 0.1) is 7.11 Å². The van der Waals surface area contributed by atoms with E-state index in [1.54, 1.807) is 7.11 Å². The normalized spacial score (nSPS) is 16.8. The molecule has 0 atom stereocenters. The molecule has 1 fully saturated rings. The molecule has 1 heterocycles. The summed E-state index contributed by atoms with van der Waals surface area (Å²) in [5, 5.41) is 4.14. The summed E-state index contributed by atoms with van der Waals surface area (Å²) >= 11 is 6.11. The van der Waals surface area contributed by atoms with E-state index in [4.69, 9.17) is 16.3 Å². The number of rotatable bonds is 4. The lowest BCUT2D eigenvalue weighted by Crippen LogP contribution is -2.44. The Bertz CT molecular complexity index is 403. The van der Waals surface area contributed by atoms with Gasteiger partial charge in [0.15, 0.2) is 0 Å². The van der Waals surface area contributed by atoms with E-state index in [2.05, 4.69) is 16.3 Å². The molecule has 0 saturated carbocycles. The quantitative estimate of drug-likeness (QED) is 0.905. The van der Waals surface area contributed by atoms with Crippen LogP contribution in [-0.2, 0) is 6.42 Å². The lowest BCUT2D eigenvalue weighted by Gasteiger charge is -2.27. The Kier molecular flexibility index (Phi) is 4.87. The molecule has 1 aliphatic rings. The Labute approximate surface area is 114 Å². The van der Waals surface area contributed by atoms with Gasteiger partial charge in [0.2, 0.25) is 0 Å². The third kappa shape index (κ3) is 3.37. The van der Waals surface area contributed by atoms with Crippen LogP contribution in [0.15, 0.2) is 12.1 Å². The van der Waals surface area contributed by atoms with Crippen molar-refractivity contribution in [3.05, 3.63) is 28.3 Å². The molecule has 2 rings (SSSR count). The predicted molar refractivity (Wildman–Crippen MR) is 75.8 cm³/mol. The number of aryl methyl sites for hydroxylation is 1. The smallest absolute Gasteiger partial charge is 0.123 e. The maximum absolute atomic E-state index is 6.11. The van der Waals surface area contributed by atoms with E-state index in [1.807, 2.05) is 13.0 Å². The number of piperazine rings is 1. The van der Waals surface area contributed by atoms with E-state index in [1.165, 1.54) is 5.56 Å². The molecule has 0 unspecified atom stereocenters. The van der Waals surface area contributed by atoms with Crippen molar-refractivity contribution in [1.82, 2.24) is 10.2 Å². The van der Waals surface area contributed by atoms with Crippen LogP contribution < -0.4 is 10.1 Å². The average Bonchev–Trinajstić information content (AvgIpc) is 2.41. The monoisotopic (exact) mass is 268 g/mol. The number of methoxy groups -OCH3 is 1. The molecule has 0 aliphatic carbocycles. The summed E-state index contributed by atoms with van der Waals surface area (Å²) in [6.45, 7) is 7.58. The number of nitrogens with zero attached hydrogens (tertiary/aromatic N) is 1. The molecule has 1 aliphatic heterocycles. The Balaban J connectivity index is 2.01. The van der Waals surface area contributed by atoms with Gasteiger partial charge >= 0.3 is 0 Å². The van der Waals surface area contributed by atoms with Crippen LogP contribution in [0.4, 0.5) is 0 Å². The maximum Gasteiger partial charge on any atom is 0.123 e. The van der Waals surface area contributed by atoms with E-state index < -0.39 is 0 Å². The summed E-state index contributed by atoms with van der Waals surface area (Å²) in [5.41, 5.74) is 2.37. The number of halogens is 1. The number of benzene rings is 1. The SMILES string of the molecule is COc1cc(Cl)c(C)cc1CCN1CCNCC1. The van der Waals surface area contributed by atoms with Crippen molar-refractivity contribution in [3.8, 4) is 5.75 Å². The van der Waals surface area contributed by atoms with E-state index in [0.29, 0.717) is 0 Å². The third-order valence-electron chi connectivity index (χ3n) is 3.47. The van der Waals surface area contributed by atoms with Crippen LogP contribution in [0.25, 0.3) is 0 Å². The van der Waals surface area contributed by atoms with Crippen LogP contribution in [0.2, 0.25) is 5.02 Å². The number of hydrogen-bond donors (Lipinski definition) is 1. The first-order valence-corrected chi connectivity index (χ1v) is 6.84. The zero-order valence-electron chi connectivity index (χ0n) is 11.1. The minimum Gasteiger partial charge on any atom is -0.496 e. The Morgan fingerprint density at radius 3 is 2.72 bits per heavy atom. The minimum atomic E-state index is 0.776. The van der Waals surface area contributed by atoms with E-state index >= 15 is 0 Å². The van der Waals surface area contributed by atoms with Gasteiger partial charge in [0.25, 0.3) is 0 Å². The molecule has 1 aromatic rings. The zero-order chi connectivity index (χ0) is 13.0. The van der Waals surface area contributed by atoms with Crippen LogP contribution in [-0.4, -0.2) is 44.7 Å². The summed E-state index contributed by atoms with van der Waals surface area (Å²) in [6, 6.07) is 4.06. The number of hydrogen-bond acceptors (Lipinski definition) is 3. The molecule has 0 spiro atoms. The molecule has 1 N–H and O–H groups in total. The molecule has 18 heavy (non-hydrogen) atoms. The van der Waals surface area contributed by atoms with Gasteiger partial charge in [0.1, 0.15) is 5.75 Å². The summed E-state index contributed by atoms with van der Waals surface area (Å²) in [4.78, 5) is 2.49. The molecule has 1 aromatic carbocycles. The second kappa shape index (κ2) is 6.41. The van der Waals surface area contributed by atoms with Gasteiger partial charge in [-0.1, -0.05) is 17.7 Å². The molecule has 0 bridgehead atoms. The van der Waals surface area contributed by atoms with Crippen LogP contribution in [0.1, 0.15) is 11.1 Å². The predicted octanol–water partition coefficient (Wildman–Crippen LogP) is 2.10. The maximum atomic E-state index is 6.11. The fourth-order valence-corrected chi connectivity index (χ4v) is 2.48. The lowest BCUT2D eigenvalue weighted by atomic mass is 10.1. The highest BCUT2D eigenvalue weighted by Crippen LogP contribution is 2.27. The highest BCUT2D eigenvalue weighted by molar-refractivity contribution is 6.31. The fraction of sp³-hybridized carbons (Fsp3) is 0.571. The van der Waals surface area contributed by atoms with Gasteiger partial charge in [-0.25, -0.2) is 0 Å². The topological polar surface area (TPSA) is 24.5 Å². The average molecular weight is 269 g/mol. The summed E-state index contributed by atoms with van der Waals surface area (Å²) in [6.07, 6.45) is 1.02. The van der Waals surface area contributed by atoms with E-state index in [0.717, 1.165) is 55.5 Å². The van der Waals surface area contributed by atoms with Crippen molar-refractivity contribution >= 4 is 11.6 Å². The molecule has 3 nitrogen and oxygen atoms in total. The largest absolute Gasteiger partial charge is 0.496 e. The Morgan fingerprint density at radius 2 is 2.06 bits per heavy atom. The summed E-state index contributed by atoms with van der Waals surface area (Å²) in [5.74, 6) is 0.903. The second-order valence-corrected chi connectivity index (χ2v) is 5.16. The van der Waals surface area contributed by atoms with Gasteiger partial charge in [-0.15, -0.1) is 0 Å². The third-order valence-corrected chi connectivity index (χ3v) is 3.88. The van der Waals surface area contributed by atoms with Crippen molar-refractivity contribution in [2.75, 3.05) is 39.8 Å². The first kappa shape index (κ1) is 13.7. The summed E-state index contributed by atoms with van der Waals surface area (Å²) in [7, 11) is 1.70. The highest BCUT2D eigenvalue weighted by atomic mass is 35.5. The van der Waals surface area contributed by atoms with Crippen molar-refractivity contribution < 1.29 is 4.74 Å². The van der Waals surface area contributed by atoms with Crippen LogP contribution >= 0.6 is 11.6 Å². The molecule has 0 radical (unpaired) electrons. The number of ether oxygens (including phenoxy) is 1. The molecular weight excluding hydrogens is 248 g/mol. The summed E-state index contributed by atoms with van der Waals surface area (Å²) < 4.78 is 5.41. The Morgan fingerprint density at radius 1 is 1.33 bits per heavy atom. The van der Waals surface area contributed by atoms with Crippen molar-refractivity contribution in [1.29, 1.82) is 0 Å². The standard InChI is InChI=1S/C14H21ClN2O/c1-11-9-12(14(18-2)10-13(11)15)3-6-17-7-4-16-5-8-17/h9-10,16H,3-8H2,1-2H3. The lowest BCUT2D eigenvalue weighted by molar-refractivity contribution is 0.243. The molecule has 0 aromatic heterocycles. The van der Waals surface area contributed by atoms with Crippen molar-refractivity contribution in [2.45, 2.75) is 13.3 Å². The number of nitrogens with one attached hydrogen (secondary N) is 1.